The highest BCUT2D eigenvalue weighted by molar-refractivity contribution is 5.59. The zero-order chi connectivity index (χ0) is 18.4. The van der Waals surface area contributed by atoms with Gasteiger partial charge in [-0.05, 0) is 30.5 Å². The molecule has 1 atom stereocenters. The van der Waals surface area contributed by atoms with Crippen LogP contribution >= 0.6 is 0 Å². The Morgan fingerprint density at radius 1 is 0.962 bits per heavy atom. The van der Waals surface area contributed by atoms with Crippen molar-refractivity contribution in [2.75, 3.05) is 45.9 Å². The minimum Gasteiger partial charge on any atom is -0.495 e. The van der Waals surface area contributed by atoms with Crippen molar-refractivity contribution in [1.82, 2.24) is 5.32 Å². The van der Waals surface area contributed by atoms with Crippen molar-refractivity contribution in [2.45, 2.75) is 13.0 Å². The van der Waals surface area contributed by atoms with Crippen LogP contribution < -0.4 is 24.4 Å². The molecule has 1 aliphatic rings. The standard InChI is InChI=1S/C21H28N2O3/c1-24-19-9-5-4-8-18(19)23-12-11-16(15-23)13-22-14-17-7-6-10-20(25-2)21(17)26-3/h4-10,16,22H,11-15H2,1-3H3/t16-/m0/s1. The van der Waals surface area contributed by atoms with Crippen molar-refractivity contribution in [3.05, 3.63) is 48.0 Å². The van der Waals surface area contributed by atoms with Crippen LogP contribution in [0.5, 0.6) is 17.2 Å². The number of methoxy groups -OCH3 is 3. The van der Waals surface area contributed by atoms with E-state index in [0.717, 1.165) is 49.0 Å². The Morgan fingerprint density at radius 3 is 2.50 bits per heavy atom. The zero-order valence-corrected chi connectivity index (χ0v) is 15.8. The molecule has 0 saturated carbocycles. The van der Waals surface area contributed by atoms with Gasteiger partial charge < -0.3 is 24.4 Å². The fraction of sp³-hybridized carbons (Fsp3) is 0.429. The molecule has 0 amide bonds. The predicted octanol–water partition coefficient (Wildman–Crippen LogP) is 3.33. The number of para-hydroxylation sites is 3. The summed E-state index contributed by atoms with van der Waals surface area (Å²) in [6, 6.07) is 14.2. The topological polar surface area (TPSA) is 43.0 Å². The van der Waals surface area contributed by atoms with Gasteiger partial charge in [-0.3, -0.25) is 0 Å². The molecule has 5 heteroatoms. The van der Waals surface area contributed by atoms with E-state index < -0.39 is 0 Å². The first-order valence-electron chi connectivity index (χ1n) is 9.05. The van der Waals surface area contributed by atoms with E-state index in [9.17, 15) is 0 Å². The Hall–Kier alpha value is -2.40. The largest absolute Gasteiger partial charge is 0.495 e. The summed E-state index contributed by atoms with van der Waals surface area (Å²) >= 11 is 0. The van der Waals surface area contributed by atoms with Crippen molar-refractivity contribution < 1.29 is 14.2 Å². The van der Waals surface area contributed by atoms with E-state index in [2.05, 4.69) is 28.4 Å². The average Bonchev–Trinajstić information content (AvgIpc) is 3.16. The molecular formula is C21H28N2O3. The minimum atomic E-state index is 0.622. The lowest BCUT2D eigenvalue weighted by molar-refractivity contribution is 0.350. The van der Waals surface area contributed by atoms with Gasteiger partial charge in [0.1, 0.15) is 5.75 Å². The van der Waals surface area contributed by atoms with Gasteiger partial charge in [0.15, 0.2) is 11.5 Å². The van der Waals surface area contributed by atoms with Gasteiger partial charge in [-0.15, -0.1) is 0 Å². The fourth-order valence-electron chi connectivity index (χ4n) is 3.61. The van der Waals surface area contributed by atoms with E-state index in [0.29, 0.717) is 5.92 Å². The molecule has 2 aromatic rings. The van der Waals surface area contributed by atoms with Crippen LogP contribution in [0.1, 0.15) is 12.0 Å². The SMILES string of the molecule is COc1ccccc1N1CC[C@@H](CNCc2cccc(OC)c2OC)C1. The lowest BCUT2D eigenvalue weighted by atomic mass is 10.1. The Labute approximate surface area is 155 Å². The number of hydrogen-bond donors (Lipinski definition) is 1. The second-order valence-electron chi connectivity index (χ2n) is 6.56. The fourth-order valence-corrected chi connectivity index (χ4v) is 3.61. The second kappa shape index (κ2) is 8.81. The van der Waals surface area contributed by atoms with E-state index in [1.165, 1.54) is 12.1 Å². The maximum atomic E-state index is 5.50. The van der Waals surface area contributed by atoms with Crippen LogP contribution in [0.2, 0.25) is 0 Å². The third-order valence-electron chi connectivity index (χ3n) is 4.94. The number of ether oxygens (including phenoxy) is 3. The van der Waals surface area contributed by atoms with Gasteiger partial charge in [0.05, 0.1) is 27.0 Å². The maximum Gasteiger partial charge on any atom is 0.165 e. The van der Waals surface area contributed by atoms with Crippen LogP contribution in [-0.4, -0.2) is 41.0 Å². The van der Waals surface area contributed by atoms with Gasteiger partial charge in [0, 0.05) is 31.7 Å². The summed E-state index contributed by atoms with van der Waals surface area (Å²) in [7, 11) is 5.08. The molecule has 26 heavy (non-hydrogen) atoms. The third-order valence-corrected chi connectivity index (χ3v) is 4.94. The first-order chi connectivity index (χ1) is 12.8. The predicted molar refractivity (Wildman–Crippen MR) is 105 cm³/mol. The number of hydrogen-bond acceptors (Lipinski definition) is 5. The van der Waals surface area contributed by atoms with Gasteiger partial charge in [-0.1, -0.05) is 24.3 Å². The van der Waals surface area contributed by atoms with Crippen LogP contribution in [0.4, 0.5) is 5.69 Å². The molecule has 3 rings (SSSR count). The lowest BCUT2D eigenvalue weighted by Gasteiger charge is -2.21. The van der Waals surface area contributed by atoms with Gasteiger partial charge in [0.2, 0.25) is 0 Å². The molecular weight excluding hydrogens is 328 g/mol. The summed E-state index contributed by atoms with van der Waals surface area (Å²) in [4.78, 5) is 2.41. The molecule has 1 N–H and O–H groups in total. The van der Waals surface area contributed by atoms with Crippen LogP contribution in [0.25, 0.3) is 0 Å². The normalized spacial score (nSPS) is 16.6. The number of benzene rings is 2. The van der Waals surface area contributed by atoms with E-state index in [-0.39, 0.29) is 0 Å². The monoisotopic (exact) mass is 356 g/mol. The van der Waals surface area contributed by atoms with E-state index in [1.54, 1.807) is 21.3 Å². The van der Waals surface area contributed by atoms with Crippen molar-refractivity contribution in [3.8, 4) is 17.2 Å². The summed E-state index contributed by atoms with van der Waals surface area (Å²) in [6.07, 6.45) is 1.18. The molecule has 1 fully saturated rings. The quantitative estimate of drug-likeness (QED) is 0.786. The molecule has 1 saturated heterocycles. The van der Waals surface area contributed by atoms with E-state index in [4.69, 9.17) is 14.2 Å². The van der Waals surface area contributed by atoms with Crippen LogP contribution in [0.15, 0.2) is 42.5 Å². The Morgan fingerprint density at radius 2 is 1.73 bits per heavy atom. The van der Waals surface area contributed by atoms with Gasteiger partial charge in [-0.25, -0.2) is 0 Å². The van der Waals surface area contributed by atoms with Gasteiger partial charge in [0.25, 0.3) is 0 Å². The van der Waals surface area contributed by atoms with E-state index >= 15 is 0 Å². The van der Waals surface area contributed by atoms with Crippen molar-refractivity contribution >= 4 is 5.69 Å². The van der Waals surface area contributed by atoms with Crippen molar-refractivity contribution in [2.24, 2.45) is 5.92 Å². The Bertz CT molecular complexity index is 720. The molecule has 0 aliphatic carbocycles. The summed E-state index contributed by atoms with van der Waals surface area (Å²) in [5.41, 5.74) is 2.30. The molecule has 140 valence electrons. The molecule has 1 heterocycles. The molecule has 0 unspecified atom stereocenters. The minimum absolute atomic E-state index is 0.622. The molecule has 5 nitrogen and oxygen atoms in total. The molecule has 2 aromatic carbocycles. The van der Waals surface area contributed by atoms with E-state index in [1.807, 2.05) is 24.3 Å². The highest BCUT2D eigenvalue weighted by atomic mass is 16.5. The number of anilines is 1. The smallest absolute Gasteiger partial charge is 0.165 e. The molecule has 0 bridgehead atoms. The molecule has 0 spiro atoms. The summed E-state index contributed by atoms with van der Waals surface area (Å²) in [5.74, 6) is 3.15. The first-order valence-corrected chi connectivity index (χ1v) is 9.05. The Kier molecular flexibility index (Phi) is 6.23. The number of nitrogens with one attached hydrogen (secondary N) is 1. The molecule has 1 aliphatic heterocycles. The average molecular weight is 356 g/mol. The number of nitrogens with zero attached hydrogens (tertiary/aromatic N) is 1. The van der Waals surface area contributed by atoms with Crippen molar-refractivity contribution in [1.29, 1.82) is 0 Å². The van der Waals surface area contributed by atoms with Gasteiger partial charge in [-0.2, -0.15) is 0 Å². The highest BCUT2D eigenvalue weighted by Crippen LogP contribution is 2.32. The lowest BCUT2D eigenvalue weighted by Crippen LogP contribution is -2.26. The highest BCUT2D eigenvalue weighted by Gasteiger charge is 2.24. The summed E-state index contributed by atoms with van der Waals surface area (Å²) in [5, 5.41) is 3.58. The van der Waals surface area contributed by atoms with Crippen LogP contribution in [0.3, 0.4) is 0 Å². The molecule has 0 radical (unpaired) electrons. The summed E-state index contributed by atoms with van der Waals surface area (Å²) in [6.45, 7) is 3.86. The maximum absolute atomic E-state index is 5.50. The second-order valence-corrected chi connectivity index (χ2v) is 6.56. The first kappa shape index (κ1) is 18.4. The molecule has 0 aromatic heterocycles. The van der Waals surface area contributed by atoms with Crippen molar-refractivity contribution in [3.63, 3.8) is 0 Å². The third kappa shape index (κ3) is 4.05. The summed E-state index contributed by atoms with van der Waals surface area (Å²) < 4.78 is 16.4. The van der Waals surface area contributed by atoms with Crippen LogP contribution in [-0.2, 0) is 6.54 Å². The van der Waals surface area contributed by atoms with Crippen LogP contribution in [0, 0.1) is 5.92 Å². The number of rotatable bonds is 8. The van der Waals surface area contributed by atoms with Gasteiger partial charge >= 0.3 is 0 Å². The zero-order valence-electron chi connectivity index (χ0n) is 15.8. The Balaban J connectivity index is 1.54.